The Balaban J connectivity index is 1.95. The maximum atomic E-state index is 12.0. The van der Waals surface area contributed by atoms with E-state index in [4.69, 9.17) is 0 Å². The topological polar surface area (TPSA) is 90.8 Å². The molecule has 0 aliphatic rings. The van der Waals surface area contributed by atoms with Gasteiger partial charge in [0.25, 0.3) is 5.91 Å². The molecule has 0 atom stereocenters. The zero-order valence-corrected chi connectivity index (χ0v) is 15.2. The molecule has 0 unspecified atom stereocenters. The number of hydrazone groups is 1. The summed E-state index contributed by atoms with van der Waals surface area (Å²) in [5.41, 5.74) is 3.91. The van der Waals surface area contributed by atoms with Crippen LogP contribution in [-0.2, 0) is 4.79 Å². The number of carbonyl (C=O) groups is 2. The zero-order valence-electron chi connectivity index (χ0n) is 13.6. The smallest absolute Gasteiger partial charge is 0.271 e. The number of hydrogen-bond donors (Lipinski definition) is 3. The highest BCUT2D eigenvalue weighted by Crippen LogP contribution is 2.20. The Kier molecular flexibility index (Phi) is 6.71. The molecular formula is C18H18BrN3O3. The van der Waals surface area contributed by atoms with Crippen LogP contribution in [0.2, 0.25) is 0 Å². The number of hydrogen-bond acceptors (Lipinski definition) is 4. The van der Waals surface area contributed by atoms with E-state index in [9.17, 15) is 14.7 Å². The van der Waals surface area contributed by atoms with Gasteiger partial charge < -0.3 is 10.4 Å². The van der Waals surface area contributed by atoms with Gasteiger partial charge in [-0.2, -0.15) is 5.10 Å². The molecule has 0 saturated heterocycles. The van der Waals surface area contributed by atoms with Gasteiger partial charge in [-0.3, -0.25) is 9.59 Å². The number of carbonyl (C=O) groups excluding carboxylic acids is 2. The predicted molar refractivity (Wildman–Crippen MR) is 101 cm³/mol. The van der Waals surface area contributed by atoms with Crippen LogP contribution in [0.1, 0.15) is 35.7 Å². The number of rotatable bonds is 6. The Morgan fingerprint density at radius 2 is 1.92 bits per heavy atom. The zero-order chi connectivity index (χ0) is 18.2. The summed E-state index contributed by atoms with van der Waals surface area (Å²) in [6, 6.07) is 11.4. The molecule has 6 nitrogen and oxygen atoms in total. The lowest BCUT2D eigenvalue weighted by molar-refractivity contribution is -0.116. The molecular weight excluding hydrogens is 386 g/mol. The molecule has 7 heteroatoms. The number of phenols is 1. The fourth-order valence-corrected chi connectivity index (χ4v) is 2.39. The van der Waals surface area contributed by atoms with Crippen molar-refractivity contribution in [2.45, 2.75) is 19.8 Å². The Bertz CT molecular complexity index is 789. The van der Waals surface area contributed by atoms with E-state index >= 15 is 0 Å². The number of amides is 2. The SMILES string of the molecule is CCCC(=O)Nc1ccc(C(=O)NN=Cc2cc(Br)ccc2O)cc1. The first-order valence-corrected chi connectivity index (χ1v) is 8.50. The van der Waals surface area contributed by atoms with Crippen LogP contribution in [0.4, 0.5) is 5.69 Å². The number of halogens is 1. The Morgan fingerprint density at radius 3 is 2.60 bits per heavy atom. The summed E-state index contributed by atoms with van der Waals surface area (Å²) in [7, 11) is 0. The van der Waals surface area contributed by atoms with Crippen LogP contribution in [0.15, 0.2) is 52.0 Å². The van der Waals surface area contributed by atoms with Gasteiger partial charge in [-0.25, -0.2) is 5.43 Å². The monoisotopic (exact) mass is 403 g/mol. The highest BCUT2D eigenvalue weighted by atomic mass is 79.9. The maximum absolute atomic E-state index is 12.0. The molecule has 2 amide bonds. The molecule has 2 rings (SSSR count). The van der Waals surface area contributed by atoms with Crippen molar-refractivity contribution in [2.75, 3.05) is 5.32 Å². The molecule has 3 N–H and O–H groups in total. The minimum Gasteiger partial charge on any atom is -0.507 e. The molecule has 0 fully saturated rings. The van der Waals surface area contributed by atoms with Crippen molar-refractivity contribution >= 4 is 39.6 Å². The summed E-state index contributed by atoms with van der Waals surface area (Å²) in [5.74, 6) is -0.385. The number of anilines is 1. The first-order chi connectivity index (χ1) is 12.0. The van der Waals surface area contributed by atoms with Crippen molar-refractivity contribution < 1.29 is 14.7 Å². The van der Waals surface area contributed by atoms with Gasteiger partial charge in [0.15, 0.2) is 0 Å². The van der Waals surface area contributed by atoms with Crippen LogP contribution in [-0.4, -0.2) is 23.1 Å². The second kappa shape index (κ2) is 8.98. The minimum atomic E-state index is -0.392. The Hall–Kier alpha value is -2.67. The first-order valence-electron chi connectivity index (χ1n) is 7.71. The van der Waals surface area contributed by atoms with Crippen LogP contribution in [0.25, 0.3) is 0 Å². The lowest BCUT2D eigenvalue weighted by Gasteiger charge is -2.05. The maximum Gasteiger partial charge on any atom is 0.271 e. The summed E-state index contributed by atoms with van der Waals surface area (Å²) >= 11 is 3.30. The lowest BCUT2D eigenvalue weighted by atomic mass is 10.2. The average Bonchev–Trinajstić information content (AvgIpc) is 2.58. The fraction of sp³-hybridized carbons (Fsp3) is 0.167. The van der Waals surface area contributed by atoms with E-state index in [1.54, 1.807) is 36.4 Å². The number of nitrogens with zero attached hydrogens (tertiary/aromatic N) is 1. The molecule has 0 aliphatic carbocycles. The van der Waals surface area contributed by atoms with Gasteiger partial charge in [0.1, 0.15) is 5.75 Å². The third-order valence-corrected chi connectivity index (χ3v) is 3.76. The lowest BCUT2D eigenvalue weighted by Crippen LogP contribution is -2.17. The summed E-state index contributed by atoms with van der Waals surface area (Å²) in [6.07, 6.45) is 2.59. The van der Waals surface area contributed by atoms with Gasteiger partial charge in [-0.1, -0.05) is 22.9 Å². The van der Waals surface area contributed by atoms with E-state index in [1.165, 1.54) is 12.3 Å². The number of nitrogens with one attached hydrogen (secondary N) is 2. The highest BCUT2D eigenvalue weighted by molar-refractivity contribution is 9.10. The van der Waals surface area contributed by atoms with Crippen LogP contribution in [0.5, 0.6) is 5.75 Å². The molecule has 25 heavy (non-hydrogen) atoms. The standard InChI is InChI=1S/C18H18BrN3O3/c1-2-3-17(24)21-15-7-4-12(5-8-15)18(25)22-20-11-13-10-14(19)6-9-16(13)23/h4-11,23H,2-3H2,1H3,(H,21,24)(H,22,25). The number of benzene rings is 2. The Labute approximate surface area is 154 Å². The van der Waals surface area contributed by atoms with Gasteiger partial charge in [0.05, 0.1) is 6.21 Å². The van der Waals surface area contributed by atoms with Crippen molar-refractivity contribution in [3.63, 3.8) is 0 Å². The van der Waals surface area contributed by atoms with E-state index in [0.29, 0.717) is 23.2 Å². The summed E-state index contributed by atoms with van der Waals surface area (Å²) in [6.45, 7) is 1.93. The number of phenolic OH excluding ortho intramolecular Hbond substituents is 1. The van der Waals surface area contributed by atoms with E-state index in [0.717, 1.165) is 10.9 Å². The minimum absolute atomic E-state index is 0.0573. The fourth-order valence-electron chi connectivity index (χ4n) is 2.01. The molecule has 0 bridgehead atoms. The molecule has 0 saturated carbocycles. The van der Waals surface area contributed by atoms with Gasteiger partial charge in [-0.05, 0) is 48.9 Å². The second-order valence-corrected chi connectivity index (χ2v) is 6.19. The van der Waals surface area contributed by atoms with E-state index in [-0.39, 0.29) is 11.7 Å². The molecule has 2 aromatic rings. The van der Waals surface area contributed by atoms with E-state index < -0.39 is 5.91 Å². The van der Waals surface area contributed by atoms with Crippen molar-refractivity contribution in [3.8, 4) is 5.75 Å². The molecule has 130 valence electrons. The molecule has 0 heterocycles. The predicted octanol–water partition coefficient (Wildman–Crippen LogP) is 3.66. The molecule has 0 aromatic heterocycles. The van der Waals surface area contributed by atoms with Crippen molar-refractivity contribution in [1.82, 2.24) is 5.43 Å². The molecule has 0 radical (unpaired) electrons. The summed E-state index contributed by atoms with van der Waals surface area (Å²) in [4.78, 5) is 23.6. The van der Waals surface area contributed by atoms with Gasteiger partial charge in [-0.15, -0.1) is 0 Å². The van der Waals surface area contributed by atoms with Crippen molar-refractivity contribution in [1.29, 1.82) is 0 Å². The quantitative estimate of drug-likeness (QED) is 0.507. The van der Waals surface area contributed by atoms with Gasteiger partial charge in [0.2, 0.25) is 5.91 Å². The van der Waals surface area contributed by atoms with Crippen LogP contribution in [0, 0.1) is 0 Å². The van der Waals surface area contributed by atoms with Gasteiger partial charge in [0, 0.05) is 27.7 Å². The van der Waals surface area contributed by atoms with Gasteiger partial charge >= 0.3 is 0 Å². The Morgan fingerprint density at radius 1 is 1.20 bits per heavy atom. The van der Waals surface area contributed by atoms with E-state index in [2.05, 4.69) is 31.8 Å². The average molecular weight is 404 g/mol. The summed E-state index contributed by atoms with van der Waals surface area (Å²) < 4.78 is 0.791. The molecule has 2 aromatic carbocycles. The highest BCUT2D eigenvalue weighted by Gasteiger charge is 2.06. The molecule has 0 spiro atoms. The second-order valence-electron chi connectivity index (χ2n) is 5.28. The summed E-state index contributed by atoms with van der Waals surface area (Å²) in [5, 5.41) is 16.3. The van der Waals surface area contributed by atoms with Crippen LogP contribution in [0.3, 0.4) is 0 Å². The van der Waals surface area contributed by atoms with Crippen LogP contribution < -0.4 is 10.7 Å². The van der Waals surface area contributed by atoms with Crippen LogP contribution >= 0.6 is 15.9 Å². The third kappa shape index (κ3) is 5.72. The first kappa shape index (κ1) is 18.7. The van der Waals surface area contributed by atoms with E-state index in [1.807, 2.05) is 6.92 Å². The third-order valence-electron chi connectivity index (χ3n) is 3.27. The van der Waals surface area contributed by atoms with Crippen molar-refractivity contribution in [3.05, 3.63) is 58.1 Å². The largest absolute Gasteiger partial charge is 0.507 e. The molecule has 0 aliphatic heterocycles. The normalized spacial score (nSPS) is 10.6. The van der Waals surface area contributed by atoms with Crippen molar-refractivity contribution in [2.24, 2.45) is 5.10 Å². The number of aromatic hydroxyl groups is 1.